The van der Waals surface area contributed by atoms with E-state index in [0.29, 0.717) is 32.4 Å². The lowest BCUT2D eigenvalue weighted by molar-refractivity contribution is -0.113. The second-order valence-corrected chi connectivity index (χ2v) is 7.27. The number of thiazole rings is 1. The van der Waals surface area contributed by atoms with Crippen LogP contribution in [0.3, 0.4) is 0 Å². The Morgan fingerprint density at radius 2 is 2.22 bits per heavy atom. The molecule has 3 aromatic heterocycles. The predicted octanol–water partition coefficient (Wildman–Crippen LogP) is 2.75. The van der Waals surface area contributed by atoms with Crippen molar-refractivity contribution in [2.75, 3.05) is 17.7 Å². The van der Waals surface area contributed by atoms with Gasteiger partial charge in [0, 0.05) is 7.05 Å². The number of nitrogens with one attached hydrogen (secondary N) is 1. The van der Waals surface area contributed by atoms with E-state index in [1.165, 1.54) is 11.8 Å². The van der Waals surface area contributed by atoms with E-state index in [4.69, 9.17) is 9.15 Å². The first-order valence-electron chi connectivity index (χ1n) is 8.00. The highest BCUT2D eigenvalue weighted by Crippen LogP contribution is 2.25. The molecule has 1 N–H and O–H groups in total. The Labute approximate surface area is 163 Å². The summed E-state index contributed by atoms with van der Waals surface area (Å²) in [4.78, 5) is 28.6. The number of anilines is 1. The van der Waals surface area contributed by atoms with Crippen molar-refractivity contribution in [1.82, 2.24) is 19.7 Å². The van der Waals surface area contributed by atoms with E-state index >= 15 is 0 Å². The number of ether oxygens (including phenoxy) is 1. The summed E-state index contributed by atoms with van der Waals surface area (Å²) >= 11 is 2.33. The van der Waals surface area contributed by atoms with E-state index in [1.807, 2.05) is 0 Å². The summed E-state index contributed by atoms with van der Waals surface area (Å²) in [5, 5.41) is 11.8. The van der Waals surface area contributed by atoms with Gasteiger partial charge in [0.25, 0.3) is 0 Å². The molecule has 1 amide bonds. The lowest BCUT2D eigenvalue weighted by Crippen LogP contribution is -2.14. The number of rotatable bonds is 7. The highest BCUT2D eigenvalue weighted by atomic mass is 32.2. The Hall–Kier alpha value is -2.66. The number of hydrogen-bond acceptors (Lipinski definition) is 9. The third-order valence-corrected chi connectivity index (χ3v) is 5.49. The van der Waals surface area contributed by atoms with Gasteiger partial charge in [-0.3, -0.25) is 4.79 Å². The first-order valence-corrected chi connectivity index (χ1v) is 9.80. The maximum atomic E-state index is 12.2. The van der Waals surface area contributed by atoms with Crippen LogP contribution in [0.25, 0.3) is 11.6 Å². The summed E-state index contributed by atoms with van der Waals surface area (Å²) in [5.74, 6) is 0.611. The molecule has 0 aromatic carbocycles. The molecule has 0 spiro atoms. The van der Waals surface area contributed by atoms with Gasteiger partial charge in [-0.1, -0.05) is 23.1 Å². The Morgan fingerprint density at radius 1 is 1.41 bits per heavy atom. The van der Waals surface area contributed by atoms with Gasteiger partial charge in [-0.2, -0.15) is 0 Å². The summed E-state index contributed by atoms with van der Waals surface area (Å²) in [7, 11) is 1.80. The Bertz CT molecular complexity index is 948. The van der Waals surface area contributed by atoms with Gasteiger partial charge < -0.3 is 19.0 Å². The van der Waals surface area contributed by atoms with Crippen molar-refractivity contribution in [3.05, 3.63) is 29.0 Å². The van der Waals surface area contributed by atoms with Gasteiger partial charge in [0.05, 0.1) is 24.3 Å². The molecule has 0 saturated heterocycles. The van der Waals surface area contributed by atoms with Gasteiger partial charge in [-0.05, 0) is 26.0 Å². The molecule has 0 radical (unpaired) electrons. The number of thioether (sulfide) groups is 1. The fraction of sp³-hybridized carbons (Fsp3) is 0.312. The van der Waals surface area contributed by atoms with E-state index in [9.17, 15) is 9.59 Å². The average molecular weight is 407 g/mol. The fourth-order valence-corrected chi connectivity index (χ4v) is 3.77. The van der Waals surface area contributed by atoms with Crippen molar-refractivity contribution in [1.29, 1.82) is 0 Å². The monoisotopic (exact) mass is 407 g/mol. The van der Waals surface area contributed by atoms with E-state index in [-0.39, 0.29) is 18.3 Å². The van der Waals surface area contributed by atoms with Crippen molar-refractivity contribution in [2.24, 2.45) is 7.05 Å². The molecular formula is C16H17N5O4S2. The summed E-state index contributed by atoms with van der Waals surface area (Å²) in [5.41, 5.74) is 0.526. The van der Waals surface area contributed by atoms with Gasteiger partial charge in [-0.25, -0.2) is 9.78 Å². The van der Waals surface area contributed by atoms with Crippen LogP contribution in [-0.2, 0) is 16.6 Å². The van der Waals surface area contributed by atoms with Crippen LogP contribution >= 0.6 is 23.1 Å². The standard InChI is InChI=1S/C16H17N5O4S2/c1-4-24-14(23)12-9(2)17-15(27-12)18-11(22)8-26-16-20-19-13(21(16)3)10-6-5-7-25-10/h5-7H,4,8H2,1-3H3,(H,17,18,22). The minimum absolute atomic E-state index is 0.123. The number of nitrogens with zero attached hydrogens (tertiary/aromatic N) is 4. The van der Waals surface area contributed by atoms with Crippen LogP contribution in [0.5, 0.6) is 0 Å². The minimum atomic E-state index is -0.438. The summed E-state index contributed by atoms with van der Waals surface area (Å²) in [6, 6.07) is 3.56. The van der Waals surface area contributed by atoms with Crippen LogP contribution < -0.4 is 5.32 Å². The summed E-state index contributed by atoms with van der Waals surface area (Å²) in [6.07, 6.45) is 1.56. The van der Waals surface area contributed by atoms with Crippen LogP contribution in [-0.4, -0.2) is 44.0 Å². The molecule has 0 aliphatic rings. The topological polar surface area (TPSA) is 112 Å². The molecule has 3 heterocycles. The van der Waals surface area contributed by atoms with Crippen LogP contribution in [0, 0.1) is 6.92 Å². The van der Waals surface area contributed by atoms with Crippen molar-refractivity contribution in [3.63, 3.8) is 0 Å². The Kier molecular flexibility index (Phi) is 5.91. The number of furan rings is 1. The maximum absolute atomic E-state index is 12.2. The zero-order chi connectivity index (χ0) is 19.4. The van der Waals surface area contributed by atoms with Gasteiger partial charge >= 0.3 is 5.97 Å². The first-order chi connectivity index (χ1) is 13.0. The molecule has 0 atom stereocenters. The molecule has 0 unspecified atom stereocenters. The maximum Gasteiger partial charge on any atom is 0.350 e. The lowest BCUT2D eigenvalue weighted by Gasteiger charge is -2.02. The number of hydrogen-bond donors (Lipinski definition) is 1. The van der Waals surface area contributed by atoms with E-state index < -0.39 is 5.97 Å². The highest BCUT2D eigenvalue weighted by Gasteiger charge is 2.18. The molecule has 3 rings (SSSR count). The second kappa shape index (κ2) is 8.35. The van der Waals surface area contributed by atoms with Crippen molar-refractivity contribution in [3.8, 4) is 11.6 Å². The lowest BCUT2D eigenvalue weighted by atomic mass is 10.4. The Balaban J connectivity index is 1.59. The van der Waals surface area contributed by atoms with Gasteiger partial charge in [0.2, 0.25) is 5.91 Å². The highest BCUT2D eigenvalue weighted by molar-refractivity contribution is 7.99. The van der Waals surface area contributed by atoms with E-state index in [2.05, 4.69) is 20.5 Å². The average Bonchev–Trinajstić information content (AvgIpc) is 3.34. The molecule has 0 fully saturated rings. The number of aromatic nitrogens is 4. The Morgan fingerprint density at radius 3 is 2.93 bits per heavy atom. The minimum Gasteiger partial charge on any atom is -0.462 e. The number of carbonyl (C=O) groups excluding carboxylic acids is 2. The zero-order valence-electron chi connectivity index (χ0n) is 14.9. The number of aryl methyl sites for hydroxylation is 1. The molecule has 9 nitrogen and oxygen atoms in total. The summed E-state index contributed by atoms with van der Waals surface area (Å²) < 4.78 is 12.0. The van der Waals surface area contributed by atoms with Crippen LogP contribution in [0.2, 0.25) is 0 Å². The van der Waals surface area contributed by atoms with Crippen molar-refractivity contribution in [2.45, 2.75) is 19.0 Å². The number of carbonyl (C=O) groups is 2. The number of amides is 1. The summed E-state index contributed by atoms with van der Waals surface area (Å²) in [6.45, 7) is 3.72. The van der Waals surface area contributed by atoms with Gasteiger partial charge in [-0.15, -0.1) is 10.2 Å². The normalized spacial score (nSPS) is 10.8. The van der Waals surface area contributed by atoms with Crippen LogP contribution in [0.4, 0.5) is 5.13 Å². The largest absolute Gasteiger partial charge is 0.462 e. The SMILES string of the molecule is CCOC(=O)c1sc(NC(=O)CSc2nnc(-c3ccco3)n2C)nc1C. The molecule has 142 valence electrons. The third-order valence-electron chi connectivity index (χ3n) is 3.41. The first kappa shape index (κ1) is 19.1. The molecule has 0 aliphatic carbocycles. The molecule has 0 saturated carbocycles. The van der Waals surface area contributed by atoms with Crippen molar-refractivity contribution < 1.29 is 18.7 Å². The third kappa shape index (κ3) is 4.37. The molecular weight excluding hydrogens is 390 g/mol. The van der Waals surface area contributed by atoms with Crippen LogP contribution in [0.1, 0.15) is 22.3 Å². The second-order valence-electron chi connectivity index (χ2n) is 5.33. The molecule has 3 aromatic rings. The predicted molar refractivity (Wildman–Crippen MR) is 101 cm³/mol. The van der Waals surface area contributed by atoms with E-state index in [0.717, 1.165) is 11.3 Å². The van der Waals surface area contributed by atoms with E-state index in [1.54, 1.807) is 43.9 Å². The molecule has 0 bridgehead atoms. The quantitative estimate of drug-likeness (QED) is 0.470. The van der Waals surface area contributed by atoms with Gasteiger partial charge in [0.1, 0.15) is 4.88 Å². The molecule has 27 heavy (non-hydrogen) atoms. The molecule has 0 aliphatic heterocycles. The van der Waals surface area contributed by atoms with Crippen LogP contribution in [0.15, 0.2) is 28.0 Å². The number of esters is 1. The van der Waals surface area contributed by atoms with Gasteiger partial charge in [0.15, 0.2) is 21.9 Å². The smallest absolute Gasteiger partial charge is 0.350 e. The zero-order valence-corrected chi connectivity index (χ0v) is 16.5. The molecule has 11 heteroatoms. The van der Waals surface area contributed by atoms with Crippen molar-refractivity contribution >= 4 is 40.1 Å². The fourth-order valence-electron chi connectivity index (χ4n) is 2.18.